The number of aliphatic hydroxyl groups is 1. The first-order valence-corrected chi connectivity index (χ1v) is 8.51. The number of nitrogens with one attached hydrogen (secondary N) is 1. The van der Waals surface area contributed by atoms with Crippen LogP contribution in [0, 0.1) is 0 Å². The number of aryl methyl sites for hydroxylation is 1. The van der Waals surface area contributed by atoms with Crippen molar-refractivity contribution in [2.24, 2.45) is 0 Å². The molecular formula is C16H27N3O2. The molecule has 2 saturated carbocycles. The maximum Gasteiger partial charge on any atom is 0.229 e. The molecule has 21 heavy (non-hydrogen) atoms. The van der Waals surface area contributed by atoms with E-state index in [2.05, 4.69) is 22.4 Å². The van der Waals surface area contributed by atoms with Crippen molar-refractivity contribution in [3.8, 4) is 0 Å². The van der Waals surface area contributed by atoms with Crippen molar-refractivity contribution in [3.63, 3.8) is 0 Å². The zero-order chi connectivity index (χ0) is 14.7. The second-order valence-corrected chi connectivity index (χ2v) is 6.62. The van der Waals surface area contributed by atoms with Gasteiger partial charge < -0.3 is 14.9 Å². The maximum absolute atomic E-state index is 9.56. The number of nitrogens with zero attached hydrogens (tertiary/aromatic N) is 2. The largest absolute Gasteiger partial charge is 0.393 e. The number of rotatable bonds is 4. The Bertz CT molecular complexity index is 432. The molecule has 2 fully saturated rings. The van der Waals surface area contributed by atoms with Gasteiger partial charge in [0.1, 0.15) is 0 Å². The first kappa shape index (κ1) is 15.0. The molecule has 0 spiro atoms. The monoisotopic (exact) mass is 293 g/mol. The van der Waals surface area contributed by atoms with Crippen LogP contribution in [0.1, 0.15) is 75.9 Å². The highest BCUT2D eigenvalue weighted by atomic mass is 16.5. The molecular weight excluding hydrogens is 266 g/mol. The third-order valence-corrected chi connectivity index (χ3v) is 5.04. The summed E-state index contributed by atoms with van der Waals surface area (Å²) < 4.78 is 5.38. The topological polar surface area (TPSA) is 71.2 Å². The van der Waals surface area contributed by atoms with E-state index < -0.39 is 0 Å². The average Bonchev–Trinajstić information content (AvgIpc) is 2.99. The highest BCUT2D eigenvalue weighted by Gasteiger charge is 2.28. The smallest absolute Gasteiger partial charge is 0.229 e. The van der Waals surface area contributed by atoms with Crippen LogP contribution < -0.4 is 5.32 Å². The van der Waals surface area contributed by atoms with E-state index in [0.29, 0.717) is 18.0 Å². The lowest BCUT2D eigenvalue weighted by molar-refractivity contribution is 0.111. The fraction of sp³-hybridized carbons (Fsp3) is 0.875. The van der Waals surface area contributed by atoms with Gasteiger partial charge in [0.05, 0.1) is 6.10 Å². The summed E-state index contributed by atoms with van der Waals surface area (Å²) in [5, 5.41) is 17.4. The summed E-state index contributed by atoms with van der Waals surface area (Å²) in [5.74, 6) is 2.11. The van der Waals surface area contributed by atoms with Crippen LogP contribution in [0.5, 0.6) is 0 Å². The van der Waals surface area contributed by atoms with Gasteiger partial charge in [0.15, 0.2) is 5.82 Å². The minimum atomic E-state index is -0.0657. The summed E-state index contributed by atoms with van der Waals surface area (Å²) in [6.45, 7) is 2.05. The Hall–Kier alpha value is -0.940. The van der Waals surface area contributed by atoms with Gasteiger partial charge in [-0.1, -0.05) is 12.1 Å². The lowest BCUT2D eigenvalue weighted by Crippen LogP contribution is -2.42. The summed E-state index contributed by atoms with van der Waals surface area (Å²) in [5.41, 5.74) is 0. The van der Waals surface area contributed by atoms with Gasteiger partial charge in [-0.05, 0) is 51.4 Å². The van der Waals surface area contributed by atoms with Gasteiger partial charge in [-0.15, -0.1) is 0 Å². The van der Waals surface area contributed by atoms with Gasteiger partial charge in [-0.25, -0.2) is 0 Å². The van der Waals surface area contributed by atoms with Crippen LogP contribution in [0.2, 0.25) is 0 Å². The predicted molar refractivity (Wildman–Crippen MR) is 80.1 cm³/mol. The highest BCUT2D eigenvalue weighted by Crippen LogP contribution is 2.32. The zero-order valence-corrected chi connectivity index (χ0v) is 12.9. The van der Waals surface area contributed by atoms with Crippen molar-refractivity contribution in [2.75, 3.05) is 0 Å². The van der Waals surface area contributed by atoms with E-state index in [-0.39, 0.29) is 6.10 Å². The van der Waals surface area contributed by atoms with Crippen LogP contribution in [-0.4, -0.2) is 33.4 Å². The predicted octanol–water partition coefficient (Wildman–Crippen LogP) is 2.55. The van der Waals surface area contributed by atoms with E-state index in [1.54, 1.807) is 0 Å². The van der Waals surface area contributed by atoms with Crippen molar-refractivity contribution >= 4 is 0 Å². The van der Waals surface area contributed by atoms with Crippen molar-refractivity contribution in [2.45, 2.75) is 88.8 Å². The molecule has 0 amide bonds. The standard InChI is InChI=1S/C16H27N3O2/c1-2-15-18-16(21-19-15)11-3-5-12(6-4-11)17-13-7-9-14(20)10-8-13/h11-14,17,20H,2-10H2,1H3. The molecule has 0 aliphatic heterocycles. The van der Waals surface area contributed by atoms with E-state index >= 15 is 0 Å². The van der Waals surface area contributed by atoms with E-state index in [1.165, 1.54) is 12.8 Å². The van der Waals surface area contributed by atoms with Crippen LogP contribution in [-0.2, 0) is 6.42 Å². The summed E-state index contributed by atoms with van der Waals surface area (Å²) >= 11 is 0. The Balaban J connectivity index is 1.44. The molecule has 0 atom stereocenters. The Labute approximate surface area is 126 Å². The molecule has 2 N–H and O–H groups in total. The molecule has 1 aromatic rings. The third-order valence-electron chi connectivity index (χ3n) is 5.04. The molecule has 5 heteroatoms. The fourth-order valence-electron chi connectivity index (χ4n) is 3.66. The Morgan fingerprint density at radius 3 is 2.24 bits per heavy atom. The minimum Gasteiger partial charge on any atom is -0.393 e. The van der Waals surface area contributed by atoms with Gasteiger partial charge in [0.2, 0.25) is 5.89 Å². The first-order chi connectivity index (χ1) is 10.2. The van der Waals surface area contributed by atoms with Gasteiger partial charge in [-0.2, -0.15) is 4.98 Å². The van der Waals surface area contributed by atoms with Crippen LogP contribution in [0.4, 0.5) is 0 Å². The summed E-state index contributed by atoms with van der Waals surface area (Å²) in [4.78, 5) is 4.48. The van der Waals surface area contributed by atoms with Crippen LogP contribution in [0.25, 0.3) is 0 Å². The average molecular weight is 293 g/mol. The maximum atomic E-state index is 9.56. The number of aliphatic hydroxyl groups excluding tert-OH is 1. The van der Waals surface area contributed by atoms with E-state index in [1.807, 2.05) is 0 Å². The molecule has 0 unspecified atom stereocenters. The molecule has 0 bridgehead atoms. The molecule has 0 saturated heterocycles. The summed E-state index contributed by atoms with van der Waals surface area (Å²) in [6.07, 6.45) is 9.56. The van der Waals surface area contributed by atoms with E-state index in [0.717, 1.165) is 56.7 Å². The fourth-order valence-corrected chi connectivity index (χ4v) is 3.66. The van der Waals surface area contributed by atoms with E-state index in [4.69, 9.17) is 4.52 Å². The summed E-state index contributed by atoms with van der Waals surface area (Å²) in [6, 6.07) is 1.22. The SMILES string of the molecule is CCc1noc(C2CCC(NC3CCC(O)CC3)CC2)n1. The molecule has 1 heterocycles. The minimum absolute atomic E-state index is 0.0657. The number of hydrogen-bond donors (Lipinski definition) is 2. The normalized spacial score (nSPS) is 34.0. The zero-order valence-electron chi connectivity index (χ0n) is 12.9. The molecule has 1 aromatic heterocycles. The van der Waals surface area contributed by atoms with E-state index in [9.17, 15) is 5.11 Å². The number of aromatic nitrogens is 2. The van der Waals surface area contributed by atoms with Gasteiger partial charge >= 0.3 is 0 Å². The van der Waals surface area contributed by atoms with Crippen molar-refractivity contribution in [1.29, 1.82) is 0 Å². The number of hydrogen-bond acceptors (Lipinski definition) is 5. The lowest BCUT2D eigenvalue weighted by atomic mass is 9.84. The van der Waals surface area contributed by atoms with Gasteiger partial charge in [0, 0.05) is 24.4 Å². The first-order valence-electron chi connectivity index (χ1n) is 8.51. The lowest BCUT2D eigenvalue weighted by Gasteiger charge is -2.33. The summed E-state index contributed by atoms with van der Waals surface area (Å²) in [7, 11) is 0. The highest BCUT2D eigenvalue weighted by molar-refractivity contribution is 4.97. The van der Waals surface area contributed by atoms with Crippen molar-refractivity contribution in [1.82, 2.24) is 15.5 Å². The Morgan fingerprint density at radius 2 is 1.67 bits per heavy atom. The van der Waals surface area contributed by atoms with Crippen LogP contribution >= 0.6 is 0 Å². The second kappa shape index (κ2) is 6.88. The Kier molecular flexibility index (Phi) is 4.91. The van der Waals surface area contributed by atoms with Crippen LogP contribution in [0.3, 0.4) is 0 Å². The van der Waals surface area contributed by atoms with Crippen molar-refractivity contribution < 1.29 is 9.63 Å². The van der Waals surface area contributed by atoms with Gasteiger partial charge in [-0.3, -0.25) is 0 Å². The van der Waals surface area contributed by atoms with Gasteiger partial charge in [0.25, 0.3) is 0 Å². The molecule has 2 aliphatic carbocycles. The molecule has 0 radical (unpaired) electrons. The molecule has 2 aliphatic rings. The quantitative estimate of drug-likeness (QED) is 0.892. The molecule has 118 valence electrons. The molecule has 5 nitrogen and oxygen atoms in total. The molecule has 0 aromatic carbocycles. The third kappa shape index (κ3) is 3.83. The second-order valence-electron chi connectivity index (χ2n) is 6.62. The van der Waals surface area contributed by atoms with Crippen LogP contribution in [0.15, 0.2) is 4.52 Å². The molecule has 3 rings (SSSR count). The Morgan fingerprint density at radius 1 is 1.05 bits per heavy atom. The van der Waals surface area contributed by atoms with Crippen molar-refractivity contribution in [3.05, 3.63) is 11.7 Å².